The lowest BCUT2D eigenvalue weighted by atomic mass is 9.81. The van der Waals surface area contributed by atoms with Crippen LogP contribution in [0.5, 0.6) is 0 Å². The molecule has 1 unspecified atom stereocenters. The molecule has 0 spiro atoms. The van der Waals surface area contributed by atoms with E-state index in [1.807, 2.05) is 0 Å². The minimum atomic E-state index is 0.907. The summed E-state index contributed by atoms with van der Waals surface area (Å²) in [6.45, 7) is 4.39. The molecule has 0 radical (unpaired) electrons. The second kappa shape index (κ2) is 8.33. The molecule has 0 heteroatoms. The van der Waals surface area contributed by atoms with Gasteiger partial charge in [-0.2, -0.15) is 0 Å². The van der Waals surface area contributed by atoms with E-state index < -0.39 is 0 Å². The molecule has 1 aliphatic carbocycles. The van der Waals surface area contributed by atoms with E-state index in [2.05, 4.69) is 68.5 Å². The zero-order valence-corrected chi connectivity index (χ0v) is 15.2. The van der Waals surface area contributed by atoms with E-state index in [9.17, 15) is 0 Å². The first-order valence-electron chi connectivity index (χ1n) is 9.62. The lowest BCUT2D eigenvalue weighted by Crippen LogP contribution is -2.14. The molecule has 0 aromatic heterocycles. The molecule has 0 fully saturated rings. The Balaban J connectivity index is 1.71. The molecule has 0 saturated carbocycles. The summed E-state index contributed by atoms with van der Waals surface area (Å²) in [7, 11) is 0. The highest BCUT2D eigenvalue weighted by Crippen LogP contribution is 2.31. The summed E-state index contributed by atoms with van der Waals surface area (Å²) in [6, 6.07) is 16.3. The summed E-state index contributed by atoms with van der Waals surface area (Å²) >= 11 is 0. The van der Waals surface area contributed by atoms with Gasteiger partial charge in [0.25, 0.3) is 0 Å². The van der Waals surface area contributed by atoms with E-state index in [-0.39, 0.29) is 0 Å². The molecule has 1 atom stereocenters. The standard InChI is InChI=1S/C24H30/c1-3-5-6-8-19-9-12-21(13-10-19)23-16-15-22-17-20(7-4-2)11-14-24(22)18-23/h3,5,9-10,12-13,15-16,18,20H,4,6-8,11,14,17H2,1-2H3/b5-3+. The van der Waals surface area contributed by atoms with E-state index in [1.165, 1.54) is 48.8 Å². The molecule has 1 aliphatic rings. The summed E-state index contributed by atoms with van der Waals surface area (Å²) in [4.78, 5) is 0. The molecule has 2 aromatic rings. The smallest absolute Gasteiger partial charge is 0.0181 e. The molecule has 0 heterocycles. The Bertz CT molecular complexity index is 676. The van der Waals surface area contributed by atoms with Gasteiger partial charge in [-0.25, -0.2) is 0 Å². The van der Waals surface area contributed by atoms with Crippen molar-refractivity contribution in [3.63, 3.8) is 0 Å². The molecule has 0 N–H and O–H groups in total. The lowest BCUT2D eigenvalue weighted by Gasteiger charge is -2.25. The molecule has 126 valence electrons. The van der Waals surface area contributed by atoms with Gasteiger partial charge in [0.2, 0.25) is 0 Å². The van der Waals surface area contributed by atoms with Crippen LogP contribution in [0.4, 0.5) is 0 Å². The third-order valence-corrected chi connectivity index (χ3v) is 5.36. The second-order valence-corrected chi connectivity index (χ2v) is 7.19. The van der Waals surface area contributed by atoms with Crippen LogP contribution in [0, 0.1) is 5.92 Å². The van der Waals surface area contributed by atoms with Crippen molar-refractivity contribution < 1.29 is 0 Å². The highest BCUT2D eigenvalue weighted by Gasteiger charge is 2.18. The van der Waals surface area contributed by atoms with Gasteiger partial charge in [-0.15, -0.1) is 0 Å². The fraction of sp³-hybridized carbons (Fsp3) is 0.417. The molecule has 0 saturated heterocycles. The predicted molar refractivity (Wildman–Crippen MR) is 105 cm³/mol. The van der Waals surface area contributed by atoms with Gasteiger partial charge >= 0.3 is 0 Å². The topological polar surface area (TPSA) is 0 Å². The van der Waals surface area contributed by atoms with Gasteiger partial charge in [-0.1, -0.05) is 74.4 Å². The molecule has 0 aliphatic heterocycles. The van der Waals surface area contributed by atoms with Crippen LogP contribution in [0.3, 0.4) is 0 Å². The molecule has 3 rings (SSSR count). The number of fused-ring (bicyclic) bond motifs is 1. The number of benzene rings is 2. The molecule has 2 aromatic carbocycles. The Kier molecular flexibility index (Phi) is 5.91. The van der Waals surface area contributed by atoms with E-state index in [0.717, 1.165) is 18.8 Å². The molecule has 0 bridgehead atoms. The van der Waals surface area contributed by atoms with Crippen LogP contribution < -0.4 is 0 Å². The van der Waals surface area contributed by atoms with Gasteiger partial charge in [0.15, 0.2) is 0 Å². The minimum absolute atomic E-state index is 0.907. The average molecular weight is 319 g/mol. The summed E-state index contributed by atoms with van der Waals surface area (Å²) in [5, 5.41) is 0. The van der Waals surface area contributed by atoms with Crippen molar-refractivity contribution in [1.29, 1.82) is 0 Å². The van der Waals surface area contributed by atoms with Crippen LogP contribution >= 0.6 is 0 Å². The predicted octanol–water partition coefficient (Wildman–Crippen LogP) is 6.77. The number of hydrogen-bond donors (Lipinski definition) is 0. The molecule has 0 nitrogen and oxygen atoms in total. The van der Waals surface area contributed by atoms with Gasteiger partial charge in [-0.05, 0) is 72.8 Å². The van der Waals surface area contributed by atoms with Crippen molar-refractivity contribution in [2.45, 2.75) is 58.8 Å². The van der Waals surface area contributed by atoms with Crippen LogP contribution in [-0.2, 0) is 19.3 Å². The first-order valence-corrected chi connectivity index (χ1v) is 9.62. The third-order valence-electron chi connectivity index (χ3n) is 5.36. The fourth-order valence-corrected chi connectivity index (χ4v) is 3.95. The average Bonchev–Trinajstić information content (AvgIpc) is 2.62. The number of rotatable bonds is 6. The van der Waals surface area contributed by atoms with Gasteiger partial charge in [0.05, 0.1) is 0 Å². The second-order valence-electron chi connectivity index (χ2n) is 7.19. The molecule has 0 amide bonds. The van der Waals surface area contributed by atoms with Crippen LogP contribution in [0.25, 0.3) is 11.1 Å². The van der Waals surface area contributed by atoms with Crippen molar-refractivity contribution in [2.24, 2.45) is 5.92 Å². The minimum Gasteiger partial charge on any atom is -0.0917 e. The highest BCUT2D eigenvalue weighted by atomic mass is 14.2. The third kappa shape index (κ3) is 4.17. The monoisotopic (exact) mass is 318 g/mol. The quantitative estimate of drug-likeness (QED) is 0.516. The van der Waals surface area contributed by atoms with Gasteiger partial charge in [0.1, 0.15) is 0 Å². The van der Waals surface area contributed by atoms with Crippen molar-refractivity contribution in [3.05, 3.63) is 71.3 Å². The zero-order valence-electron chi connectivity index (χ0n) is 15.2. The highest BCUT2D eigenvalue weighted by molar-refractivity contribution is 5.65. The summed E-state index contributed by atoms with van der Waals surface area (Å²) in [5.41, 5.74) is 7.33. The van der Waals surface area contributed by atoms with E-state index in [0.29, 0.717) is 0 Å². The van der Waals surface area contributed by atoms with E-state index >= 15 is 0 Å². The normalized spacial score (nSPS) is 17.2. The van der Waals surface area contributed by atoms with Crippen LogP contribution in [-0.4, -0.2) is 0 Å². The van der Waals surface area contributed by atoms with Crippen molar-refractivity contribution in [3.8, 4) is 11.1 Å². The van der Waals surface area contributed by atoms with Crippen LogP contribution in [0.2, 0.25) is 0 Å². The zero-order chi connectivity index (χ0) is 16.8. The van der Waals surface area contributed by atoms with Gasteiger partial charge in [-0.3, -0.25) is 0 Å². The Labute approximate surface area is 147 Å². The van der Waals surface area contributed by atoms with Crippen molar-refractivity contribution >= 4 is 0 Å². The Morgan fingerprint density at radius 3 is 2.54 bits per heavy atom. The maximum atomic E-state index is 2.44. The fourth-order valence-electron chi connectivity index (χ4n) is 3.95. The maximum absolute atomic E-state index is 2.44. The Morgan fingerprint density at radius 1 is 1.00 bits per heavy atom. The largest absolute Gasteiger partial charge is 0.0917 e. The van der Waals surface area contributed by atoms with Crippen LogP contribution in [0.15, 0.2) is 54.6 Å². The molecular weight excluding hydrogens is 288 g/mol. The van der Waals surface area contributed by atoms with Crippen molar-refractivity contribution in [1.82, 2.24) is 0 Å². The van der Waals surface area contributed by atoms with E-state index in [4.69, 9.17) is 0 Å². The number of hydrogen-bond acceptors (Lipinski definition) is 0. The first-order chi connectivity index (χ1) is 11.8. The van der Waals surface area contributed by atoms with Crippen LogP contribution in [0.1, 0.15) is 56.2 Å². The Morgan fingerprint density at radius 2 is 1.79 bits per heavy atom. The Hall–Kier alpha value is -1.82. The maximum Gasteiger partial charge on any atom is -0.0181 e. The molecular formula is C24H30. The first kappa shape index (κ1) is 17.0. The lowest BCUT2D eigenvalue weighted by molar-refractivity contribution is 0.423. The number of allylic oxidation sites excluding steroid dienone is 2. The number of aryl methyl sites for hydroxylation is 2. The SMILES string of the molecule is C/C=C/CCc1ccc(-c2ccc3c(c2)CCC(CCC)C3)cc1. The molecule has 24 heavy (non-hydrogen) atoms. The van der Waals surface area contributed by atoms with Crippen molar-refractivity contribution in [2.75, 3.05) is 0 Å². The summed E-state index contributed by atoms with van der Waals surface area (Å²) in [5.74, 6) is 0.907. The van der Waals surface area contributed by atoms with Gasteiger partial charge < -0.3 is 0 Å². The summed E-state index contributed by atoms with van der Waals surface area (Å²) in [6.07, 6.45) is 13.3. The summed E-state index contributed by atoms with van der Waals surface area (Å²) < 4.78 is 0. The van der Waals surface area contributed by atoms with E-state index in [1.54, 1.807) is 11.1 Å². The van der Waals surface area contributed by atoms with Gasteiger partial charge in [0, 0.05) is 0 Å².